The Morgan fingerprint density at radius 1 is 1.13 bits per heavy atom. The molecule has 2 aliphatic heterocycles. The van der Waals surface area contributed by atoms with Gasteiger partial charge in [0.25, 0.3) is 0 Å². The molecule has 2 saturated heterocycles. The van der Waals surface area contributed by atoms with E-state index in [1.54, 1.807) is 0 Å². The number of rotatable bonds is 8. The number of hydrogen-bond acceptors (Lipinski definition) is 3. The Bertz CT molecular complexity index is 868. The van der Waals surface area contributed by atoms with E-state index in [-0.39, 0.29) is 12.1 Å². The molecule has 0 spiro atoms. The van der Waals surface area contributed by atoms with Crippen molar-refractivity contribution in [1.82, 2.24) is 10.2 Å². The van der Waals surface area contributed by atoms with Gasteiger partial charge in [-0.2, -0.15) is 0 Å². The van der Waals surface area contributed by atoms with Crippen molar-refractivity contribution in [3.8, 4) is 5.75 Å². The first-order valence-electron chi connectivity index (χ1n) is 11.4. The van der Waals surface area contributed by atoms with Crippen LogP contribution in [0.5, 0.6) is 5.75 Å². The smallest absolute Gasteiger partial charge is 0.322 e. The summed E-state index contributed by atoms with van der Waals surface area (Å²) in [6.45, 7) is 6.79. The summed E-state index contributed by atoms with van der Waals surface area (Å²) >= 11 is 3.70. The van der Waals surface area contributed by atoms with E-state index in [9.17, 15) is 4.79 Å². The molecule has 0 bridgehead atoms. The van der Waals surface area contributed by atoms with E-state index in [0.717, 1.165) is 50.5 Å². The van der Waals surface area contributed by atoms with E-state index in [0.29, 0.717) is 12.5 Å². The average Bonchev–Trinajstić information content (AvgIpc) is 3.17. The molecule has 31 heavy (non-hydrogen) atoms. The second-order valence-electron chi connectivity index (χ2n) is 8.56. The van der Waals surface area contributed by atoms with E-state index in [1.807, 2.05) is 48.2 Å². The molecule has 0 aliphatic carbocycles. The van der Waals surface area contributed by atoms with Crippen molar-refractivity contribution in [3.63, 3.8) is 0 Å². The summed E-state index contributed by atoms with van der Waals surface area (Å²) in [7, 11) is 0. The lowest BCUT2D eigenvalue weighted by Crippen LogP contribution is -2.38. The molecular formula is C25H32BrN3O2. The summed E-state index contributed by atoms with van der Waals surface area (Å²) in [5.41, 5.74) is 2.32. The van der Waals surface area contributed by atoms with Crippen LogP contribution in [0.2, 0.25) is 0 Å². The first kappa shape index (κ1) is 22.2. The van der Waals surface area contributed by atoms with E-state index in [1.165, 1.54) is 22.9 Å². The van der Waals surface area contributed by atoms with Crippen LogP contribution in [0.25, 0.3) is 0 Å². The van der Waals surface area contributed by atoms with Crippen molar-refractivity contribution in [2.45, 2.75) is 38.6 Å². The number of benzene rings is 2. The van der Waals surface area contributed by atoms with Crippen LogP contribution in [-0.2, 0) is 6.42 Å². The Hall–Kier alpha value is -2.05. The van der Waals surface area contributed by atoms with E-state index >= 15 is 0 Å². The number of nitrogens with one attached hydrogen (secondary N) is 1. The number of piperidine rings is 1. The highest BCUT2D eigenvalue weighted by molar-refractivity contribution is 9.10. The molecule has 1 atom stereocenters. The number of hydrogen-bond donors (Lipinski definition) is 1. The van der Waals surface area contributed by atoms with E-state index in [2.05, 4.69) is 38.3 Å². The maximum absolute atomic E-state index is 12.3. The fourth-order valence-corrected chi connectivity index (χ4v) is 5.03. The number of ether oxygens (including phenoxy) is 1. The molecule has 2 aromatic rings. The predicted octanol–water partition coefficient (Wildman–Crippen LogP) is 5.09. The van der Waals surface area contributed by atoms with E-state index in [4.69, 9.17) is 4.74 Å². The van der Waals surface area contributed by atoms with Crippen molar-refractivity contribution in [1.29, 1.82) is 0 Å². The highest BCUT2D eigenvalue weighted by Crippen LogP contribution is 2.29. The second-order valence-corrected chi connectivity index (χ2v) is 9.41. The average molecular weight is 486 g/mol. The van der Waals surface area contributed by atoms with Crippen LogP contribution < -0.4 is 15.0 Å². The zero-order valence-electron chi connectivity index (χ0n) is 18.2. The minimum Gasteiger partial charge on any atom is -0.494 e. The second kappa shape index (κ2) is 10.5. The lowest BCUT2D eigenvalue weighted by atomic mass is 9.90. The SMILES string of the molecule is CCOc1ccc(Br)c(CC2CCN(CCC3CN(c4ccccc4)C(=O)N3)CC2)c1. The monoisotopic (exact) mass is 485 g/mol. The first-order valence-corrected chi connectivity index (χ1v) is 12.2. The number of carbonyl (C=O) groups excluding carboxylic acids is 1. The largest absolute Gasteiger partial charge is 0.494 e. The molecule has 2 fully saturated rings. The molecule has 0 aromatic heterocycles. The van der Waals surface area contributed by atoms with Gasteiger partial charge in [-0.05, 0) is 87.5 Å². The Morgan fingerprint density at radius 3 is 2.65 bits per heavy atom. The summed E-state index contributed by atoms with van der Waals surface area (Å²) in [6, 6.07) is 16.5. The normalized spacial score (nSPS) is 20.1. The maximum Gasteiger partial charge on any atom is 0.322 e. The van der Waals surface area contributed by atoms with Crippen LogP contribution in [0, 0.1) is 5.92 Å². The third-order valence-corrected chi connectivity index (χ3v) is 7.15. The van der Waals surface area contributed by atoms with Gasteiger partial charge in [0, 0.05) is 29.3 Å². The molecule has 6 heteroatoms. The topological polar surface area (TPSA) is 44.8 Å². The van der Waals surface area contributed by atoms with Crippen LogP contribution in [0.3, 0.4) is 0 Å². The van der Waals surface area contributed by atoms with Gasteiger partial charge >= 0.3 is 6.03 Å². The molecule has 2 aromatic carbocycles. The van der Waals surface area contributed by atoms with Crippen LogP contribution in [0.15, 0.2) is 53.0 Å². The number of anilines is 1. The predicted molar refractivity (Wildman–Crippen MR) is 129 cm³/mol. The molecule has 1 N–H and O–H groups in total. The van der Waals surface area contributed by atoms with E-state index < -0.39 is 0 Å². The van der Waals surface area contributed by atoms with Gasteiger partial charge in [0.15, 0.2) is 0 Å². The van der Waals surface area contributed by atoms with Crippen molar-refractivity contribution in [3.05, 3.63) is 58.6 Å². The highest BCUT2D eigenvalue weighted by atomic mass is 79.9. The first-order chi connectivity index (χ1) is 15.1. The van der Waals surface area contributed by atoms with Gasteiger partial charge in [-0.1, -0.05) is 34.1 Å². The van der Waals surface area contributed by atoms with Gasteiger partial charge in [-0.3, -0.25) is 4.90 Å². The van der Waals surface area contributed by atoms with Crippen molar-refractivity contribution < 1.29 is 9.53 Å². The van der Waals surface area contributed by atoms with Crippen molar-refractivity contribution in [2.24, 2.45) is 5.92 Å². The number of amides is 2. The molecule has 0 saturated carbocycles. The molecular weight excluding hydrogens is 454 g/mol. The maximum atomic E-state index is 12.3. The molecule has 2 aliphatic rings. The van der Waals surface area contributed by atoms with Gasteiger partial charge in [0.1, 0.15) is 5.75 Å². The van der Waals surface area contributed by atoms with Gasteiger partial charge < -0.3 is 15.0 Å². The summed E-state index contributed by atoms with van der Waals surface area (Å²) in [4.78, 5) is 16.7. The third-order valence-electron chi connectivity index (χ3n) is 6.38. The van der Waals surface area contributed by atoms with Gasteiger partial charge in [-0.25, -0.2) is 4.79 Å². The summed E-state index contributed by atoms with van der Waals surface area (Å²) in [5, 5.41) is 3.15. The van der Waals surface area contributed by atoms with Gasteiger partial charge in [0.2, 0.25) is 0 Å². The Kier molecular flexibility index (Phi) is 7.51. The highest BCUT2D eigenvalue weighted by Gasteiger charge is 2.30. The molecule has 166 valence electrons. The third kappa shape index (κ3) is 5.80. The number of nitrogens with zero attached hydrogens (tertiary/aromatic N) is 2. The van der Waals surface area contributed by atoms with Crippen molar-refractivity contribution >= 4 is 27.6 Å². The minimum absolute atomic E-state index is 0.0229. The van der Waals surface area contributed by atoms with Gasteiger partial charge in [0.05, 0.1) is 6.61 Å². The lowest BCUT2D eigenvalue weighted by Gasteiger charge is -2.32. The minimum atomic E-state index is 0.0229. The van der Waals surface area contributed by atoms with Crippen LogP contribution >= 0.6 is 15.9 Å². The molecule has 0 radical (unpaired) electrons. The zero-order chi connectivity index (χ0) is 21.6. The van der Waals surface area contributed by atoms with Crippen molar-refractivity contribution in [2.75, 3.05) is 37.7 Å². The molecule has 1 unspecified atom stereocenters. The van der Waals surface area contributed by atoms with Gasteiger partial charge in [-0.15, -0.1) is 0 Å². The number of para-hydroxylation sites is 1. The van der Waals surface area contributed by atoms with Crippen LogP contribution in [0.4, 0.5) is 10.5 Å². The van der Waals surface area contributed by atoms with Crippen LogP contribution in [0.1, 0.15) is 31.7 Å². The molecule has 2 heterocycles. The Morgan fingerprint density at radius 2 is 1.90 bits per heavy atom. The van der Waals surface area contributed by atoms with Crippen LogP contribution in [-0.4, -0.2) is 49.8 Å². The zero-order valence-corrected chi connectivity index (χ0v) is 19.8. The number of halogens is 1. The summed E-state index contributed by atoms with van der Waals surface area (Å²) in [6.07, 6.45) is 4.54. The Labute approximate surface area is 193 Å². The molecule has 2 amide bonds. The fraction of sp³-hybridized carbons (Fsp3) is 0.480. The standard InChI is InChI=1S/C25H32BrN3O2/c1-2-31-23-8-9-24(26)20(17-23)16-19-10-13-28(14-11-19)15-12-21-18-29(25(30)27-21)22-6-4-3-5-7-22/h3-9,17,19,21H,2,10-16,18H2,1H3,(H,27,30). The Balaban J connectivity index is 1.21. The number of carbonyl (C=O) groups is 1. The summed E-state index contributed by atoms with van der Waals surface area (Å²) < 4.78 is 6.85. The number of likely N-dealkylation sites (tertiary alicyclic amines) is 1. The number of urea groups is 1. The lowest BCUT2D eigenvalue weighted by molar-refractivity contribution is 0.178. The fourth-order valence-electron chi connectivity index (χ4n) is 4.62. The summed E-state index contributed by atoms with van der Waals surface area (Å²) in [5.74, 6) is 1.67. The molecule has 5 nitrogen and oxygen atoms in total. The quantitative estimate of drug-likeness (QED) is 0.566. The molecule has 4 rings (SSSR count).